The van der Waals surface area contributed by atoms with E-state index in [0.717, 1.165) is 11.1 Å². The van der Waals surface area contributed by atoms with Gasteiger partial charge in [-0.1, -0.05) is 60.4 Å². The van der Waals surface area contributed by atoms with Gasteiger partial charge in [0.2, 0.25) is 5.91 Å². The van der Waals surface area contributed by atoms with E-state index in [-0.39, 0.29) is 37.7 Å². The Hall–Kier alpha value is -2.45. The van der Waals surface area contributed by atoms with E-state index < -0.39 is 5.97 Å². The molecule has 0 unspecified atom stereocenters. The molecule has 1 fully saturated rings. The summed E-state index contributed by atoms with van der Waals surface area (Å²) in [5.41, 5.74) is 1.96. The lowest BCUT2D eigenvalue weighted by Crippen LogP contribution is -2.35. The molecule has 1 heterocycles. The average Bonchev–Trinajstić information content (AvgIpc) is 2.87. The monoisotopic (exact) mass is 403 g/mol. The molecule has 142 valence electrons. The fourth-order valence-electron chi connectivity index (χ4n) is 2.36. The SMILES string of the molecule is CC(=C\c1ccccc1)/C=C1/SC(=S)N(CCC(=O)NCCC(=O)[O-])C1=O. The van der Waals surface area contributed by atoms with Gasteiger partial charge in [0, 0.05) is 31.9 Å². The first-order valence-corrected chi connectivity index (χ1v) is 9.54. The second kappa shape index (κ2) is 10.0. The lowest BCUT2D eigenvalue weighted by molar-refractivity contribution is -0.305. The van der Waals surface area contributed by atoms with Crippen LogP contribution in [0.25, 0.3) is 6.08 Å². The largest absolute Gasteiger partial charge is 0.550 e. The van der Waals surface area contributed by atoms with Crippen molar-refractivity contribution in [1.29, 1.82) is 0 Å². The van der Waals surface area contributed by atoms with E-state index in [1.807, 2.05) is 43.3 Å². The highest BCUT2D eigenvalue weighted by molar-refractivity contribution is 8.26. The van der Waals surface area contributed by atoms with Crippen molar-refractivity contribution in [2.24, 2.45) is 0 Å². The molecule has 0 radical (unpaired) electrons. The van der Waals surface area contributed by atoms with Gasteiger partial charge in [-0.2, -0.15) is 0 Å². The Kier molecular flexibility index (Phi) is 7.75. The van der Waals surface area contributed by atoms with Gasteiger partial charge >= 0.3 is 0 Å². The number of nitrogens with one attached hydrogen (secondary N) is 1. The third-order valence-electron chi connectivity index (χ3n) is 3.64. The Morgan fingerprint density at radius 1 is 1.26 bits per heavy atom. The summed E-state index contributed by atoms with van der Waals surface area (Å²) in [5.74, 6) is -1.79. The average molecular weight is 404 g/mol. The normalized spacial score (nSPS) is 16.1. The number of amides is 2. The Labute approximate surface area is 167 Å². The molecule has 1 aromatic rings. The molecule has 0 aromatic heterocycles. The van der Waals surface area contributed by atoms with Crippen LogP contribution >= 0.6 is 24.0 Å². The Balaban J connectivity index is 1.93. The van der Waals surface area contributed by atoms with Crippen LogP contribution in [0.1, 0.15) is 25.3 Å². The molecule has 0 spiro atoms. The van der Waals surface area contributed by atoms with Gasteiger partial charge in [0.1, 0.15) is 4.32 Å². The third-order valence-corrected chi connectivity index (χ3v) is 5.02. The quantitative estimate of drug-likeness (QED) is 0.522. The lowest BCUT2D eigenvalue weighted by Gasteiger charge is -2.14. The second-order valence-corrected chi connectivity index (χ2v) is 7.53. The number of benzene rings is 1. The first kappa shape index (κ1) is 20.9. The first-order chi connectivity index (χ1) is 12.9. The van der Waals surface area contributed by atoms with Crippen LogP contribution < -0.4 is 10.4 Å². The number of thioether (sulfide) groups is 1. The van der Waals surface area contributed by atoms with Gasteiger partial charge in [-0.05, 0) is 24.1 Å². The van der Waals surface area contributed by atoms with Crippen LogP contribution in [0.15, 0.2) is 46.9 Å². The summed E-state index contributed by atoms with van der Waals surface area (Å²) in [5, 5.41) is 12.8. The predicted octanol–water partition coefficient (Wildman–Crippen LogP) is 1.48. The van der Waals surface area contributed by atoms with E-state index in [4.69, 9.17) is 12.2 Å². The summed E-state index contributed by atoms with van der Waals surface area (Å²) in [6.07, 6.45) is 3.55. The molecule has 6 nitrogen and oxygen atoms in total. The van der Waals surface area contributed by atoms with E-state index in [1.165, 1.54) is 16.7 Å². The maximum Gasteiger partial charge on any atom is 0.266 e. The van der Waals surface area contributed by atoms with Crippen LogP contribution in [0.4, 0.5) is 0 Å². The number of carbonyl (C=O) groups is 3. The Morgan fingerprint density at radius 2 is 1.96 bits per heavy atom. The molecule has 1 saturated heterocycles. The van der Waals surface area contributed by atoms with Crippen molar-refractivity contribution in [3.05, 3.63) is 52.4 Å². The molecule has 2 amide bonds. The standard InChI is InChI=1S/C19H20N2O4S2/c1-13(11-14-5-3-2-4-6-14)12-15-18(25)21(19(26)27-15)10-8-16(22)20-9-7-17(23)24/h2-6,11-12H,7-10H2,1H3,(H,20,22)(H,23,24)/p-1/b13-11+,15-12+. The lowest BCUT2D eigenvalue weighted by atomic mass is 10.1. The van der Waals surface area contributed by atoms with E-state index in [9.17, 15) is 19.5 Å². The number of nitrogens with zero attached hydrogens (tertiary/aromatic N) is 1. The molecule has 1 aromatic carbocycles. The fraction of sp³-hybridized carbons (Fsp3) is 0.263. The summed E-state index contributed by atoms with van der Waals surface area (Å²) in [4.78, 5) is 36.5. The summed E-state index contributed by atoms with van der Waals surface area (Å²) in [6.45, 7) is 2.06. The van der Waals surface area contributed by atoms with Gasteiger partial charge in [0.05, 0.1) is 4.91 Å². The van der Waals surface area contributed by atoms with Crippen molar-refractivity contribution in [3.63, 3.8) is 0 Å². The van der Waals surface area contributed by atoms with Crippen molar-refractivity contribution in [2.45, 2.75) is 19.8 Å². The van der Waals surface area contributed by atoms with Crippen molar-refractivity contribution in [3.8, 4) is 0 Å². The fourth-order valence-corrected chi connectivity index (χ4v) is 3.72. The zero-order chi connectivity index (χ0) is 19.8. The minimum absolute atomic E-state index is 0.00291. The van der Waals surface area contributed by atoms with Gasteiger partial charge in [-0.25, -0.2) is 0 Å². The minimum Gasteiger partial charge on any atom is -0.550 e. The molecule has 0 bridgehead atoms. The van der Waals surface area contributed by atoms with Crippen molar-refractivity contribution in [2.75, 3.05) is 13.1 Å². The van der Waals surface area contributed by atoms with E-state index in [0.29, 0.717) is 9.23 Å². The number of carboxylic acid groups (broad SMARTS) is 1. The molecular weight excluding hydrogens is 384 g/mol. The van der Waals surface area contributed by atoms with Crippen molar-refractivity contribution >= 4 is 52.2 Å². The maximum absolute atomic E-state index is 12.5. The molecule has 0 aliphatic carbocycles. The summed E-state index contributed by atoms with van der Waals surface area (Å²) < 4.78 is 0.404. The zero-order valence-corrected chi connectivity index (χ0v) is 16.4. The van der Waals surface area contributed by atoms with Gasteiger partial charge in [-0.15, -0.1) is 0 Å². The van der Waals surface area contributed by atoms with Crippen LogP contribution in [0, 0.1) is 0 Å². The highest BCUT2D eigenvalue weighted by Gasteiger charge is 2.31. The molecule has 2 rings (SSSR count). The molecule has 1 aliphatic heterocycles. The number of allylic oxidation sites excluding steroid dienone is 2. The van der Waals surface area contributed by atoms with Crippen LogP contribution in [0.2, 0.25) is 0 Å². The van der Waals surface area contributed by atoms with Gasteiger partial charge in [0.15, 0.2) is 0 Å². The third kappa shape index (κ3) is 6.65. The molecule has 1 aliphatic rings. The summed E-state index contributed by atoms with van der Waals surface area (Å²) in [6, 6.07) is 9.77. The predicted molar refractivity (Wildman–Crippen MR) is 107 cm³/mol. The number of hydrogen-bond acceptors (Lipinski definition) is 6. The minimum atomic E-state index is -1.23. The molecule has 1 N–H and O–H groups in total. The number of aliphatic carboxylic acids is 1. The van der Waals surface area contributed by atoms with E-state index in [2.05, 4.69) is 5.32 Å². The first-order valence-electron chi connectivity index (χ1n) is 8.32. The summed E-state index contributed by atoms with van der Waals surface area (Å²) in [7, 11) is 0. The Morgan fingerprint density at radius 3 is 2.63 bits per heavy atom. The molecule has 0 saturated carbocycles. The Bertz CT molecular complexity index is 803. The molecule has 0 atom stereocenters. The number of hydrogen-bond donors (Lipinski definition) is 1. The molecule has 8 heteroatoms. The van der Waals surface area contributed by atoms with Gasteiger partial charge < -0.3 is 15.2 Å². The summed E-state index contributed by atoms with van der Waals surface area (Å²) >= 11 is 6.45. The zero-order valence-electron chi connectivity index (χ0n) is 14.8. The molecule has 27 heavy (non-hydrogen) atoms. The number of rotatable bonds is 8. The maximum atomic E-state index is 12.5. The van der Waals surface area contributed by atoms with Crippen molar-refractivity contribution in [1.82, 2.24) is 10.2 Å². The second-order valence-electron chi connectivity index (χ2n) is 5.85. The molecular formula is C19H19N2O4S2-. The topological polar surface area (TPSA) is 89.5 Å². The number of thiocarbonyl (C=S) groups is 1. The number of carboxylic acids is 1. The van der Waals surface area contributed by atoms with Crippen LogP contribution in [0.3, 0.4) is 0 Å². The van der Waals surface area contributed by atoms with Crippen LogP contribution in [0.5, 0.6) is 0 Å². The highest BCUT2D eigenvalue weighted by Crippen LogP contribution is 2.32. The highest BCUT2D eigenvalue weighted by atomic mass is 32.2. The van der Waals surface area contributed by atoms with Crippen LogP contribution in [-0.4, -0.2) is 40.1 Å². The number of carbonyl (C=O) groups excluding carboxylic acids is 3. The van der Waals surface area contributed by atoms with Gasteiger partial charge in [0.25, 0.3) is 5.91 Å². The van der Waals surface area contributed by atoms with Gasteiger partial charge in [-0.3, -0.25) is 14.5 Å². The van der Waals surface area contributed by atoms with E-state index >= 15 is 0 Å². The smallest absolute Gasteiger partial charge is 0.266 e. The van der Waals surface area contributed by atoms with Crippen LogP contribution in [-0.2, 0) is 14.4 Å². The van der Waals surface area contributed by atoms with E-state index in [1.54, 1.807) is 6.08 Å². The van der Waals surface area contributed by atoms with Crippen molar-refractivity contribution < 1.29 is 19.5 Å².